The number of nitrogens with zero attached hydrogens (tertiary/aromatic N) is 2. The van der Waals surface area contributed by atoms with Crippen LogP contribution in [0.25, 0.3) is 0 Å². The molecule has 0 aliphatic rings. The third-order valence-corrected chi connectivity index (χ3v) is 5.15. The number of benzene rings is 1. The van der Waals surface area contributed by atoms with Crippen LogP contribution >= 0.6 is 11.3 Å². The highest BCUT2D eigenvalue weighted by molar-refractivity contribution is 7.17. The minimum absolute atomic E-state index is 0.232. The van der Waals surface area contributed by atoms with Crippen molar-refractivity contribution in [2.45, 2.75) is 27.7 Å². The standard InChI is InChI=1S/C20H20N4O2S/c1-11-9-12(2)16(13(3)10-11)23-19(26)17-14(4)22-20(27-17)24-18(25)15-5-7-21-8-6-15/h5-10H,1-4H3,(H,23,26)(H,22,24,25). The summed E-state index contributed by atoms with van der Waals surface area (Å²) in [4.78, 5) is 33.6. The fourth-order valence-electron chi connectivity index (χ4n) is 2.88. The van der Waals surface area contributed by atoms with Crippen LogP contribution in [-0.4, -0.2) is 21.8 Å². The highest BCUT2D eigenvalue weighted by Crippen LogP contribution is 2.27. The SMILES string of the molecule is Cc1cc(C)c(NC(=O)c2sc(NC(=O)c3ccncc3)nc2C)c(C)c1. The van der Waals surface area contributed by atoms with Crippen LogP contribution in [0.4, 0.5) is 10.8 Å². The zero-order chi connectivity index (χ0) is 19.6. The van der Waals surface area contributed by atoms with E-state index < -0.39 is 0 Å². The van der Waals surface area contributed by atoms with Gasteiger partial charge in [0, 0.05) is 23.6 Å². The van der Waals surface area contributed by atoms with Gasteiger partial charge in [-0.3, -0.25) is 19.9 Å². The smallest absolute Gasteiger partial charge is 0.267 e. The molecule has 2 aromatic heterocycles. The van der Waals surface area contributed by atoms with Gasteiger partial charge in [-0.05, 0) is 51.0 Å². The summed E-state index contributed by atoms with van der Waals surface area (Å²) in [6.07, 6.45) is 3.10. The zero-order valence-corrected chi connectivity index (χ0v) is 16.4. The number of carbonyl (C=O) groups is 2. The minimum Gasteiger partial charge on any atom is -0.321 e. The second-order valence-corrected chi connectivity index (χ2v) is 7.35. The molecular formula is C20H20N4O2S. The van der Waals surface area contributed by atoms with Crippen LogP contribution in [0.15, 0.2) is 36.7 Å². The second kappa shape index (κ2) is 7.67. The first-order valence-corrected chi connectivity index (χ1v) is 9.25. The molecule has 0 saturated carbocycles. The summed E-state index contributed by atoms with van der Waals surface area (Å²) in [5, 5.41) is 6.09. The molecule has 2 heterocycles. The summed E-state index contributed by atoms with van der Waals surface area (Å²) >= 11 is 1.15. The fraction of sp³-hybridized carbons (Fsp3) is 0.200. The number of aromatic nitrogens is 2. The molecular weight excluding hydrogens is 360 g/mol. The number of rotatable bonds is 4. The van der Waals surface area contributed by atoms with Crippen molar-refractivity contribution in [3.05, 3.63) is 69.5 Å². The Bertz CT molecular complexity index is 989. The molecule has 0 radical (unpaired) electrons. The Kier molecular flexibility index (Phi) is 5.32. The summed E-state index contributed by atoms with van der Waals surface area (Å²) in [6, 6.07) is 7.30. The van der Waals surface area contributed by atoms with E-state index in [4.69, 9.17) is 0 Å². The van der Waals surface area contributed by atoms with Crippen LogP contribution in [0.1, 0.15) is 42.4 Å². The summed E-state index contributed by atoms with van der Waals surface area (Å²) in [5.41, 5.74) is 5.03. The van der Waals surface area contributed by atoms with Crippen LogP contribution in [0.3, 0.4) is 0 Å². The molecule has 7 heteroatoms. The second-order valence-electron chi connectivity index (χ2n) is 6.35. The number of hydrogen-bond acceptors (Lipinski definition) is 5. The first-order chi connectivity index (χ1) is 12.8. The molecule has 0 spiro atoms. The molecule has 2 N–H and O–H groups in total. The van der Waals surface area contributed by atoms with E-state index in [1.165, 1.54) is 0 Å². The molecule has 2 amide bonds. The van der Waals surface area contributed by atoms with Gasteiger partial charge in [0.05, 0.1) is 5.69 Å². The van der Waals surface area contributed by atoms with Gasteiger partial charge in [0.25, 0.3) is 11.8 Å². The van der Waals surface area contributed by atoms with Gasteiger partial charge in [-0.2, -0.15) is 0 Å². The Labute approximate surface area is 161 Å². The van der Waals surface area contributed by atoms with Gasteiger partial charge in [0.2, 0.25) is 0 Å². The van der Waals surface area contributed by atoms with E-state index in [9.17, 15) is 9.59 Å². The average molecular weight is 380 g/mol. The number of aryl methyl sites for hydroxylation is 4. The van der Waals surface area contributed by atoms with Crippen LogP contribution in [0, 0.1) is 27.7 Å². The maximum Gasteiger partial charge on any atom is 0.267 e. The molecule has 0 aliphatic carbocycles. The predicted octanol–water partition coefficient (Wildman–Crippen LogP) is 4.28. The van der Waals surface area contributed by atoms with Gasteiger partial charge in [-0.1, -0.05) is 29.0 Å². The Hall–Kier alpha value is -3.06. The van der Waals surface area contributed by atoms with E-state index >= 15 is 0 Å². The largest absolute Gasteiger partial charge is 0.321 e. The van der Waals surface area contributed by atoms with E-state index in [0.29, 0.717) is 21.3 Å². The number of amides is 2. The number of anilines is 2. The van der Waals surface area contributed by atoms with E-state index in [0.717, 1.165) is 33.7 Å². The lowest BCUT2D eigenvalue weighted by atomic mass is 10.1. The van der Waals surface area contributed by atoms with Crippen molar-refractivity contribution < 1.29 is 9.59 Å². The van der Waals surface area contributed by atoms with Crippen molar-refractivity contribution in [2.75, 3.05) is 10.6 Å². The number of hydrogen-bond donors (Lipinski definition) is 2. The topological polar surface area (TPSA) is 84.0 Å². The maximum atomic E-state index is 12.7. The Morgan fingerprint density at radius 3 is 2.19 bits per heavy atom. The van der Waals surface area contributed by atoms with Crippen molar-refractivity contribution in [3.8, 4) is 0 Å². The summed E-state index contributed by atoms with van der Waals surface area (Å²) in [7, 11) is 0. The van der Waals surface area contributed by atoms with E-state index in [1.807, 2.05) is 32.9 Å². The Morgan fingerprint density at radius 1 is 0.926 bits per heavy atom. The van der Waals surface area contributed by atoms with Crippen molar-refractivity contribution >= 4 is 34.0 Å². The lowest BCUT2D eigenvalue weighted by Gasteiger charge is -2.12. The lowest BCUT2D eigenvalue weighted by Crippen LogP contribution is -2.13. The van der Waals surface area contributed by atoms with Gasteiger partial charge in [-0.25, -0.2) is 4.98 Å². The van der Waals surface area contributed by atoms with Gasteiger partial charge in [0.1, 0.15) is 4.88 Å². The number of nitrogens with one attached hydrogen (secondary N) is 2. The van der Waals surface area contributed by atoms with Crippen LogP contribution < -0.4 is 10.6 Å². The normalized spacial score (nSPS) is 10.5. The Balaban J connectivity index is 1.78. The minimum atomic E-state index is -0.289. The predicted molar refractivity (Wildman–Crippen MR) is 108 cm³/mol. The lowest BCUT2D eigenvalue weighted by molar-refractivity contribution is 0.102. The third-order valence-electron chi connectivity index (χ3n) is 4.08. The van der Waals surface area contributed by atoms with Crippen LogP contribution in [0.2, 0.25) is 0 Å². The molecule has 0 bridgehead atoms. The van der Waals surface area contributed by atoms with Crippen molar-refractivity contribution in [3.63, 3.8) is 0 Å². The molecule has 0 atom stereocenters. The molecule has 3 rings (SSSR count). The molecule has 0 unspecified atom stereocenters. The van der Waals surface area contributed by atoms with Crippen molar-refractivity contribution in [1.29, 1.82) is 0 Å². The van der Waals surface area contributed by atoms with E-state index in [2.05, 4.69) is 20.6 Å². The third kappa shape index (κ3) is 4.20. The van der Waals surface area contributed by atoms with Crippen molar-refractivity contribution in [2.24, 2.45) is 0 Å². The molecule has 27 heavy (non-hydrogen) atoms. The first-order valence-electron chi connectivity index (χ1n) is 8.43. The molecule has 0 saturated heterocycles. The molecule has 0 aliphatic heterocycles. The van der Waals surface area contributed by atoms with E-state index in [-0.39, 0.29) is 11.8 Å². The monoisotopic (exact) mass is 380 g/mol. The average Bonchev–Trinajstić information content (AvgIpc) is 2.99. The maximum absolute atomic E-state index is 12.7. The van der Waals surface area contributed by atoms with E-state index in [1.54, 1.807) is 31.5 Å². The zero-order valence-electron chi connectivity index (χ0n) is 15.6. The van der Waals surface area contributed by atoms with Gasteiger partial charge in [0.15, 0.2) is 5.13 Å². The van der Waals surface area contributed by atoms with Gasteiger partial charge in [-0.15, -0.1) is 0 Å². The molecule has 138 valence electrons. The summed E-state index contributed by atoms with van der Waals surface area (Å²) in [5.74, 6) is -0.521. The molecule has 6 nitrogen and oxygen atoms in total. The molecule has 1 aromatic carbocycles. The summed E-state index contributed by atoms with van der Waals surface area (Å²) in [6.45, 7) is 7.71. The van der Waals surface area contributed by atoms with Gasteiger partial charge < -0.3 is 5.32 Å². The Morgan fingerprint density at radius 2 is 1.56 bits per heavy atom. The highest BCUT2D eigenvalue weighted by atomic mass is 32.1. The number of thiazole rings is 1. The van der Waals surface area contributed by atoms with Crippen LogP contribution in [-0.2, 0) is 0 Å². The van der Waals surface area contributed by atoms with Crippen LogP contribution in [0.5, 0.6) is 0 Å². The highest BCUT2D eigenvalue weighted by Gasteiger charge is 2.18. The molecule has 0 fully saturated rings. The quantitative estimate of drug-likeness (QED) is 0.708. The fourth-order valence-corrected chi connectivity index (χ4v) is 3.74. The first kappa shape index (κ1) is 18.7. The van der Waals surface area contributed by atoms with Gasteiger partial charge >= 0.3 is 0 Å². The number of pyridine rings is 1. The molecule has 3 aromatic rings. The summed E-state index contributed by atoms with van der Waals surface area (Å²) < 4.78 is 0. The van der Waals surface area contributed by atoms with Crippen molar-refractivity contribution in [1.82, 2.24) is 9.97 Å². The number of carbonyl (C=O) groups excluding carboxylic acids is 2.